The number of nitrogen functional groups attached to an aromatic ring is 1. The lowest BCUT2D eigenvalue weighted by Crippen LogP contribution is -2.27. The van der Waals surface area contributed by atoms with E-state index in [2.05, 4.69) is 9.46 Å². The number of hydrogen-bond acceptors (Lipinski definition) is 5. The Bertz CT molecular complexity index is 558. The van der Waals surface area contributed by atoms with Crippen LogP contribution in [0, 0.1) is 13.8 Å². The molecule has 0 aliphatic rings. The number of rotatable bonds is 5. The first kappa shape index (κ1) is 15.5. The minimum absolute atomic E-state index is 0.00172. The maximum atomic E-state index is 12.2. The molecule has 19 heavy (non-hydrogen) atoms. The molecular formula is C12H18N2O4S. The number of esters is 1. The van der Waals surface area contributed by atoms with Crippen LogP contribution in [0.4, 0.5) is 5.69 Å². The summed E-state index contributed by atoms with van der Waals surface area (Å²) in [7, 11) is -2.40. The summed E-state index contributed by atoms with van der Waals surface area (Å²) in [5, 5.41) is 0. The number of methoxy groups -OCH3 is 1. The highest BCUT2D eigenvalue weighted by Crippen LogP contribution is 2.22. The Labute approximate surface area is 113 Å². The van der Waals surface area contributed by atoms with Crippen LogP contribution < -0.4 is 10.5 Å². The molecule has 0 fully saturated rings. The van der Waals surface area contributed by atoms with Crippen LogP contribution in [0.3, 0.4) is 0 Å². The monoisotopic (exact) mass is 286 g/mol. The van der Waals surface area contributed by atoms with Crippen molar-refractivity contribution in [1.82, 2.24) is 4.72 Å². The SMILES string of the molecule is COC(=O)CCNS(=O)(=O)c1c(C)cc(N)cc1C. The first-order valence-electron chi connectivity index (χ1n) is 5.71. The molecule has 1 aromatic rings. The number of anilines is 1. The highest BCUT2D eigenvalue weighted by Gasteiger charge is 2.19. The van der Waals surface area contributed by atoms with Crippen LogP contribution in [0.2, 0.25) is 0 Å². The van der Waals surface area contributed by atoms with Gasteiger partial charge in [-0.25, -0.2) is 13.1 Å². The van der Waals surface area contributed by atoms with E-state index in [1.807, 2.05) is 0 Å². The molecule has 0 bridgehead atoms. The Balaban J connectivity index is 2.92. The number of nitrogens with two attached hydrogens (primary N) is 1. The van der Waals surface area contributed by atoms with E-state index >= 15 is 0 Å². The van der Waals surface area contributed by atoms with Crippen LogP contribution in [0.25, 0.3) is 0 Å². The average Bonchev–Trinajstić information content (AvgIpc) is 2.26. The summed E-state index contributed by atoms with van der Waals surface area (Å²) in [6.07, 6.45) is -0.0111. The summed E-state index contributed by atoms with van der Waals surface area (Å²) < 4.78 is 31.1. The molecule has 0 heterocycles. The molecule has 106 valence electrons. The van der Waals surface area contributed by atoms with E-state index in [9.17, 15) is 13.2 Å². The second-order valence-electron chi connectivity index (χ2n) is 4.21. The summed E-state index contributed by atoms with van der Waals surface area (Å²) in [4.78, 5) is 11.1. The van der Waals surface area contributed by atoms with Gasteiger partial charge in [-0.1, -0.05) is 0 Å². The Morgan fingerprint density at radius 3 is 2.32 bits per heavy atom. The van der Waals surface area contributed by atoms with Crippen molar-refractivity contribution in [2.45, 2.75) is 25.2 Å². The molecule has 0 aromatic heterocycles. The van der Waals surface area contributed by atoms with Crippen LogP contribution in [-0.4, -0.2) is 28.0 Å². The van der Waals surface area contributed by atoms with E-state index in [0.717, 1.165) is 0 Å². The van der Waals surface area contributed by atoms with Crippen molar-refractivity contribution in [2.24, 2.45) is 0 Å². The largest absolute Gasteiger partial charge is 0.469 e. The van der Waals surface area contributed by atoms with Crippen molar-refractivity contribution >= 4 is 21.7 Å². The smallest absolute Gasteiger partial charge is 0.306 e. The third-order valence-electron chi connectivity index (χ3n) is 2.60. The fraction of sp³-hybridized carbons (Fsp3) is 0.417. The molecule has 6 nitrogen and oxygen atoms in total. The molecule has 0 unspecified atom stereocenters. The number of sulfonamides is 1. The molecular weight excluding hydrogens is 268 g/mol. The van der Waals surface area contributed by atoms with Gasteiger partial charge in [0.05, 0.1) is 18.4 Å². The zero-order chi connectivity index (χ0) is 14.6. The number of hydrogen-bond donors (Lipinski definition) is 2. The molecule has 7 heteroatoms. The number of nitrogens with one attached hydrogen (secondary N) is 1. The lowest BCUT2D eigenvalue weighted by molar-refractivity contribution is -0.140. The van der Waals surface area contributed by atoms with Gasteiger partial charge in [0.15, 0.2) is 0 Å². The number of carbonyl (C=O) groups excluding carboxylic acids is 1. The van der Waals surface area contributed by atoms with Gasteiger partial charge in [-0.05, 0) is 37.1 Å². The summed E-state index contributed by atoms with van der Waals surface area (Å²) in [6, 6.07) is 3.20. The van der Waals surface area contributed by atoms with Crippen LogP contribution in [0.1, 0.15) is 17.5 Å². The summed E-state index contributed by atoms with van der Waals surface area (Å²) in [5.41, 5.74) is 7.31. The Hall–Kier alpha value is -1.60. The molecule has 0 saturated carbocycles. The van der Waals surface area contributed by atoms with Crippen molar-refractivity contribution in [1.29, 1.82) is 0 Å². The minimum Gasteiger partial charge on any atom is -0.469 e. The Kier molecular flexibility index (Phi) is 4.90. The van der Waals surface area contributed by atoms with E-state index in [0.29, 0.717) is 16.8 Å². The fourth-order valence-corrected chi connectivity index (χ4v) is 3.35. The molecule has 1 rings (SSSR count). The minimum atomic E-state index is -3.66. The first-order valence-corrected chi connectivity index (χ1v) is 7.19. The van der Waals surface area contributed by atoms with E-state index < -0.39 is 16.0 Å². The van der Waals surface area contributed by atoms with E-state index in [1.165, 1.54) is 7.11 Å². The van der Waals surface area contributed by atoms with Gasteiger partial charge < -0.3 is 10.5 Å². The number of benzene rings is 1. The number of ether oxygens (including phenoxy) is 1. The van der Waals surface area contributed by atoms with Crippen LogP contribution >= 0.6 is 0 Å². The summed E-state index contributed by atoms with van der Waals surface area (Å²) in [5.74, 6) is -0.464. The van der Waals surface area contributed by atoms with Gasteiger partial charge in [-0.2, -0.15) is 0 Å². The topological polar surface area (TPSA) is 98.5 Å². The van der Waals surface area contributed by atoms with Crippen LogP contribution in [-0.2, 0) is 19.6 Å². The van der Waals surface area contributed by atoms with Crippen molar-refractivity contribution in [2.75, 3.05) is 19.4 Å². The van der Waals surface area contributed by atoms with E-state index in [-0.39, 0.29) is 17.9 Å². The molecule has 0 aliphatic heterocycles. The highest BCUT2D eigenvalue weighted by molar-refractivity contribution is 7.89. The Morgan fingerprint density at radius 2 is 1.84 bits per heavy atom. The van der Waals surface area contributed by atoms with Gasteiger partial charge in [0.2, 0.25) is 10.0 Å². The van der Waals surface area contributed by atoms with Gasteiger partial charge >= 0.3 is 5.97 Å². The molecule has 0 radical (unpaired) electrons. The predicted octanol–water partition coefficient (Wildman–Crippen LogP) is 0.727. The van der Waals surface area contributed by atoms with Crippen LogP contribution in [0.5, 0.6) is 0 Å². The number of carbonyl (C=O) groups is 1. The van der Waals surface area contributed by atoms with Crippen molar-refractivity contribution in [3.05, 3.63) is 23.3 Å². The maximum Gasteiger partial charge on any atom is 0.306 e. The predicted molar refractivity (Wildman–Crippen MR) is 72.1 cm³/mol. The van der Waals surface area contributed by atoms with E-state index in [4.69, 9.17) is 5.73 Å². The lowest BCUT2D eigenvalue weighted by atomic mass is 10.1. The fourth-order valence-electron chi connectivity index (χ4n) is 1.87. The zero-order valence-electron chi connectivity index (χ0n) is 11.2. The van der Waals surface area contributed by atoms with Gasteiger partial charge in [-0.15, -0.1) is 0 Å². The molecule has 3 N–H and O–H groups in total. The standard InChI is InChI=1S/C12H18N2O4S/c1-8-6-10(13)7-9(2)12(8)19(16,17)14-5-4-11(15)18-3/h6-7,14H,4-5,13H2,1-3H3. The van der Waals surface area contributed by atoms with E-state index in [1.54, 1.807) is 26.0 Å². The van der Waals surface area contributed by atoms with Gasteiger partial charge in [0.1, 0.15) is 0 Å². The first-order chi connectivity index (χ1) is 8.77. The summed E-state index contributed by atoms with van der Waals surface area (Å²) >= 11 is 0. The van der Waals surface area contributed by atoms with Gasteiger partial charge in [-0.3, -0.25) is 4.79 Å². The third-order valence-corrected chi connectivity index (χ3v) is 4.37. The summed E-state index contributed by atoms with van der Waals surface area (Å²) in [6.45, 7) is 3.36. The molecule has 1 aromatic carbocycles. The maximum absolute atomic E-state index is 12.2. The second-order valence-corrected chi connectivity index (χ2v) is 5.91. The zero-order valence-corrected chi connectivity index (χ0v) is 12.0. The lowest BCUT2D eigenvalue weighted by Gasteiger charge is -2.12. The van der Waals surface area contributed by atoms with Crippen molar-refractivity contribution in [3.8, 4) is 0 Å². The molecule has 0 saturated heterocycles. The molecule has 0 atom stereocenters. The van der Waals surface area contributed by atoms with Gasteiger partial charge in [0, 0.05) is 12.2 Å². The average molecular weight is 286 g/mol. The number of aryl methyl sites for hydroxylation is 2. The second kappa shape index (κ2) is 6.03. The van der Waals surface area contributed by atoms with Crippen molar-refractivity contribution in [3.63, 3.8) is 0 Å². The van der Waals surface area contributed by atoms with Gasteiger partial charge in [0.25, 0.3) is 0 Å². The van der Waals surface area contributed by atoms with Crippen molar-refractivity contribution < 1.29 is 17.9 Å². The highest BCUT2D eigenvalue weighted by atomic mass is 32.2. The van der Waals surface area contributed by atoms with Crippen LogP contribution in [0.15, 0.2) is 17.0 Å². The Morgan fingerprint density at radius 1 is 1.32 bits per heavy atom. The normalized spacial score (nSPS) is 11.3. The quantitative estimate of drug-likeness (QED) is 0.614. The molecule has 0 spiro atoms. The third kappa shape index (κ3) is 3.93. The molecule has 0 aliphatic carbocycles. The molecule has 0 amide bonds.